The third-order valence-corrected chi connectivity index (χ3v) is 3.72. The van der Waals surface area contributed by atoms with Crippen molar-refractivity contribution < 1.29 is 15.0 Å². The van der Waals surface area contributed by atoms with Crippen molar-refractivity contribution in [3.8, 4) is 5.75 Å². The smallest absolute Gasteiger partial charge is 0.339 e. The van der Waals surface area contributed by atoms with Crippen LogP contribution in [-0.2, 0) is 0 Å². The van der Waals surface area contributed by atoms with Gasteiger partial charge in [-0.2, -0.15) is 0 Å². The zero-order valence-corrected chi connectivity index (χ0v) is 12.0. The molecule has 0 spiro atoms. The molecule has 1 unspecified atom stereocenters. The van der Waals surface area contributed by atoms with Gasteiger partial charge in [-0.15, -0.1) is 0 Å². The second-order valence-corrected chi connectivity index (χ2v) is 5.24. The van der Waals surface area contributed by atoms with Crippen LogP contribution >= 0.6 is 11.6 Å². The molecule has 1 atom stereocenters. The molecular formula is C16H15ClO3. The Kier molecular flexibility index (Phi) is 4.00. The van der Waals surface area contributed by atoms with Crippen molar-refractivity contribution in [2.45, 2.75) is 19.8 Å². The highest BCUT2D eigenvalue weighted by Crippen LogP contribution is 2.34. The second-order valence-electron chi connectivity index (χ2n) is 4.83. The van der Waals surface area contributed by atoms with E-state index < -0.39 is 5.97 Å². The molecule has 2 aromatic carbocycles. The topological polar surface area (TPSA) is 57.5 Å². The molecule has 2 aromatic rings. The van der Waals surface area contributed by atoms with Crippen LogP contribution in [0.5, 0.6) is 5.75 Å². The van der Waals surface area contributed by atoms with E-state index in [0.717, 1.165) is 11.1 Å². The van der Waals surface area contributed by atoms with Crippen molar-refractivity contribution in [1.29, 1.82) is 0 Å². The van der Waals surface area contributed by atoms with Crippen molar-refractivity contribution >= 4 is 17.6 Å². The number of hydrogen-bond acceptors (Lipinski definition) is 2. The Morgan fingerprint density at radius 2 is 1.80 bits per heavy atom. The number of benzene rings is 2. The van der Waals surface area contributed by atoms with Crippen LogP contribution in [0, 0.1) is 6.92 Å². The Bertz CT molecular complexity index is 648. The summed E-state index contributed by atoms with van der Waals surface area (Å²) in [5.74, 6) is -1.54. The van der Waals surface area contributed by atoms with Crippen LogP contribution < -0.4 is 0 Å². The van der Waals surface area contributed by atoms with Gasteiger partial charge in [0, 0.05) is 10.9 Å². The van der Waals surface area contributed by atoms with E-state index in [-0.39, 0.29) is 17.2 Å². The molecule has 0 bridgehead atoms. The SMILES string of the molecule is Cc1ccc(C(C)c2cc(C(=O)O)c(O)cc2Cl)cc1. The number of halogens is 1. The summed E-state index contributed by atoms with van der Waals surface area (Å²) in [5.41, 5.74) is 2.75. The summed E-state index contributed by atoms with van der Waals surface area (Å²) in [4.78, 5) is 11.1. The molecular weight excluding hydrogens is 276 g/mol. The summed E-state index contributed by atoms with van der Waals surface area (Å²) in [6.45, 7) is 3.96. The highest BCUT2D eigenvalue weighted by molar-refractivity contribution is 6.31. The van der Waals surface area contributed by atoms with Crippen molar-refractivity contribution in [3.63, 3.8) is 0 Å². The van der Waals surface area contributed by atoms with E-state index >= 15 is 0 Å². The molecule has 0 aliphatic heterocycles. The third kappa shape index (κ3) is 2.78. The molecule has 3 nitrogen and oxygen atoms in total. The highest BCUT2D eigenvalue weighted by atomic mass is 35.5. The lowest BCUT2D eigenvalue weighted by Gasteiger charge is -2.16. The largest absolute Gasteiger partial charge is 0.507 e. The van der Waals surface area contributed by atoms with Crippen LogP contribution in [0.3, 0.4) is 0 Å². The monoisotopic (exact) mass is 290 g/mol. The molecule has 0 radical (unpaired) electrons. The van der Waals surface area contributed by atoms with Gasteiger partial charge in [0.25, 0.3) is 0 Å². The lowest BCUT2D eigenvalue weighted by atomic mass is 9.91. The fraction of sp³-hybridized carbons (Fsp3) is 0.188. The Morgan fingerprint density at radius 1 is 1.20 bits per heavy atom. The minimum atomic E-state index is -1.17. The number of aromatic hydroxyl groups is 1. The molecule has 0 aromatic heterocycles. The van der Waals surface area contributed by atoms with Gasteiger partial charge in [-0.3, -0.25) is 0 Å². The van der Waals surface area contributed by atoms with Gasteiger partial charge in [-0.1, -0.05) is 48.4 Å². The molecule has 0 saturated carbocycles. The first-order valence-electron chi connectivity index (χ1n) is 6.22. The zero-order chi connectivity index (χ0) is 14.9. The Morgan fingerprint density at radius 3 is 2.35 bits per heavy atom. The molecule has 20 heavy (non-hydrogen) atoms. The first-order chi connectivity index (χ1) is 9.40. The maximum Gasteiger partial charge on any atom is 0.339 e. The Hall–Kier alpha value is -2.00. The lowest BCUT2D eigenvalue weighted by Crippen LogP contribution is -2.02. The number of aryl methyl sites for hydroxylation is 1. The third-order valence-electron chi connectivity index (χ3n) is 3.39. The molecule has 0 aliphatic carbocycles. The van der Waals surface area contributed by atoms with E-state index in [4.69, 9.17) is 16.7 Å². The van der Waals surface area contributed by atoms with Crippen LogP contribution in [0.25, 0.3) is 0 Å². The average molecular weight is 291 g/mol. The van der Waals surface area contributed by atoms with Crippen LogP contribution in [0.15, 0.2) is 36.4 Å². The van der Waals surface area contributed by atoms with Crippen molar-refractivity contribution in [1.82, 2.24) is 0 Å². The molecule has 0 fully saturated rings. The minimum absolute atomic E-state index is 0.0539. The molecule has 104 valence electrons. The fourth-order valence-corrected chi connectivity index (χ4v) is 2.44. The van der Waals surface area contributed by atoms with E-state index in [1.54, 1.807) is 0 Å². The van der Waals surface area contributed by atoms with Crippen LogP contribution in [0.4, 0.5) is 0 Å². The van der Waals surface area contributed by atoms with Crippen molar-refractivity contribution in [3.05, 3.63) is 63.7 Å². The average Bonchev–Trinajstić information content (AvgIpc) is 2.38. The van der Waals surface area contributed by atoms with Crippen LogP contribution in [-0.4, -0.2) is 16.2 Å². The van der Waals surface area contributed by atoms with E-state index in [1.807, 2.05) is 38.1 Å². The van der Waals surface area contributed by atoms with Gasteiger partial charge in [0.05, 0.1) is 0 Å². The van der Waals surface area contributed by atoms with Gasteiger partial charge in [-0.05, 0) is 30.2 Å². The van der Waals surface area contributed by atoms with Gasteiger partial charge in [0.2, 0.25) is 0 Å². The van der Waals surface area contributed by atoms with Crippen LogP contribution in [0.1, 0.15) is 39.9 Å². The quantitative estimate of drug-likeness (QED) is 0.890. The number of carboxylic acids is 1. The Balaban J connectivity index is 2.48. The first-order valence-corrected chi connectivity index (χ1v) is 6.60. The fourth-order valence-electron chi connectivity index (χ4n) is 2.12. The van der Waals surface area contributed by atoms with E-state index in [1.165, 1.54) is 12.1 Å². The number of hydrogen-bond donors (Lipinski definition) is 2. The number of rotatable bonds is 3. The number of phenols is 1. The summed E-state index contributed by atoms with van der Waals surface area (Å²) in [6, 6.07) is 10.7. The maximum absolute atomic E-state index is 11.1. The zero-order valence-electron chi connectivity index (χ0n) is 11.2. The predicted molar refractivity (Wildman–Crippen MR) is 78.8 cm³/mol. The van der Waals surface area contributed by atoms with E-state index in [0.29, 0.717) is 10.6 Å². The number of carboxylic acid groups (broad SMARTS) is 1. The van der Waals surface area contributed by atoms with Crippen molar-refractivity contribution in [2.24, 2.45) is 0 Å². The maximum atomic E-state index is 11.1. The molecule has 2 rings (SSSR count). The summed E-state index contributed by atoms with van der Waals surface area (Å²) in [6.07, 6.45) is 0. The van der Waals surface area contributed by atoms with Crippen LogP contribution in [0.2, 0.25) is 5.02 Å². The summed E-state index contributed by atoms with van der Waals surface area (Å²) in [5, 5.41) is 19.0. The van der Waals surface area contributed by atoms with Gasteiger partial charge in [0.1, 0.15) is 11.3 Å². The molecule has 0 amide bonds. The van der Waals surface area contributed by atoms with Gasteiger partial charge >= 0.3 is 5.97 Å². The second kappa shape index (κ2) is 5.55. The standard InChI is InChI=1S/C16H15ClO3/c1-9-3-5-11(6-4-9)10(2)12-7-13(16(19)20)15(18)8-14(12)17/h3-8,10,18H,1-2H3,(H,19,20). The number of carbonyl (C=O) groups is 1. The molecule has 0 heterocycles. The molecule has 0 aliphatic rings. The molecule has 0 saturated heterocycles. The normalized spacial score (nSPS) is 12.2. The van der Waals surface area contributed by atoms with E-state index in [9.17, 15) is 9.90 Å². The first kappa shape index (κ1) is 14.4. The van der Waals surface area contributed by atoms with E-state index in [2.05, 4.69) is 0 Å². The summed E-state index contributed by atoms with van der Waals surface area (Å²) in [7, 11) is 0. The predicted octanol–water partition coefficient (Wildman–Crippen LogP) is 4.20. The number of aromatic carboxylic acids is 1. The summed E-state index contributed by atoms with van der Waals surface area (Å²) < 4.78 is 0. The summed E-state index contributed by atoms with van der Waals surface area (Å²) >= 11 is 6.13. The Labute approximate surface area is 122 Å². The van der Waals surface area contributed by atoms with Gasteiger partial charge in [0.15, 0.2) is 0 Å². The molecule has 4 heteroatoms. The van der Waals surface area contributed by atoms with Crippen molar-refractivity contribution in [2.75, 3.05) is 0 Å². The van der Waals surface area contributed by atoms with Gasteiger partial charge < -0.3 is 10.2 Å². The molecule has 2 N–H and O–H groups in total. The lowest BCUT2D eigenvalue weighted by molar-refractivity contribution is 0.0693. The minimum Gasteiger partial charge on any atom is -0.507 e. The highest BCUT2D eigenvalue weighted by Gasteiger charge is 2.18. The van der Waals surface area contributed by atoms with Gasteiger partial charge in [-0.25, -0.2) is 4.79 Å².